The van der Waals surface area contributed by atoms with Crippen molar-refractivity contribution in [1.29, 1.82) is 0 Å². The fraction of sp³-hybridized carbons (Fsp3) is 0.304. The van der Waals surface area contributed by atoms with Crippen LogP contribution in [0.5, 0.6) is 0 Å². The highest BCUT2D eigenvalue weighted by Gasteiger charge is 2.21. The predicted octanol–water partition coefficient (Wildman–Crippen LogP) is 4.69. The number of amides is 1. The number of nitrogens with zero attached hydrogens (tertiary/aromatic N) is 1. The molecule has 2 aromatic carbocycles. The Labute approximate surface area is 177 Å². The third-order valence-corrected chi connectivity index (χ3v) is 7.06. The molecule has 0 spiro atoms. The van der Waals surface area contributed by atoms with Crippen molar-refractivity contribution >= 4 is 21.4 Å². The van der Waals surface area contributed by atoms with E-state index in [-0.39, 0.29) is 23.0 Å². The van der Waals surface area contributed by atoms with E-state index in [4.69, 9.17) is 4.52 Å². The topological polar surface area (TPSA) is 89.3 Å². The largest absolute Gasteiger partial charge is 0.356 e. The Bertz CT molecular complexity index is 1210. The Morgan fingerprint density at radius 1 is 1.00 bits per heavy atom. The highest BCUT2D eigenvalue weighted by molar-refractivity contribution is 7.91. The number of nitrogens with one attached hydrogen (secondary N) is 1. The van der Waals surface area contributed by atoms with Gasteiger partial charge in [0.25, 0.3) is 0 Å². The Hall–Kier alpha value is -2.93. The molecule has 0 saturated heterocycles. The number of carbonyl (C=O) groups excluding carboxylic acids is 1. The van der Waals surface area contributed by atoms with Crippen molar-refractivity contribution < 1.29 is 17.7 Å². The van der Waals surface area contributed by atoms with E-state index in [0.717, 1.165) is 22.4 Å². The van der Waals surface area contributed by atoms with Gasteiger partial charge in [-0.2, -0.15) is 0 Å². The molecule has 0 fully saturated rings. The van der Waals surface area contributed by atoms with Crippen LogP contribution in [0.2, 0.25) is 0 Å². The molecule has 0 saturated carbocycles. The second kappa shape index (κ2) is 8.44. The summed E-state index contributed by atoms with van der Waals surface area (Å²) >= 11 is 0. The van der Waals surface area contributed by atoms with Crippen LogP contribution in [0.25, 0.3) is 11.3 Å². The lowest BCUT2D eigenvalue weighted by Gasteiger charge is -2.11. The fourth-order valence-corrected chi connectivity index (χ4v) is 4.72. The summed E-state index contributed by atoms with van der Waals surface area (Å²) in [6.45, 7) is 9.29. The minimum Gasteiger partial charge on any atom is -0.356 e. The minimum atomic E-state index is -3.66. The van der Waals surface area contributed by atoms with Crippen LogP contribution in [0.15, 0.2) is 45.8 Å². The first-order valence-electron chi connectivity index (χ1n) is 9.72. The van der Waals surface area contributed by atoms with Gasteiger partial charge >= 0.3 is 0 Å². The zero-order chi connectivity index (χ0) is 22.1. The number of hydrogen-bond acceptors (Lipinski definition) is 5. The average Bonchev–Trinajstić information content (AvgIpc) is 3.02. The number of carbonyl (C=O) groups is 1. The Morgan fingerprint density at radius 3 is 2.37 bits per heavy atom. The first-order chi connectivity index (χ1) is 14.1. The number of aromatic nitrogens is 1. The maximum absolute atomic E-state index is 13.0. The molecule has 0 aliphatic rings. The second-order valence-electron chi connectivity index (χ2n) is 7.64. The van der Waals surface area contributed by atoms with Gasteiger partial charge in [-0.25, -0.2) is 8.42 Å². The van der Waals surface area contributed by atoms with E-state index in [2.05, 4.69) is 10.5 Å². The molecule has 0 aliphatic heterocycles. The summed E-state index contributed by atoms with van der Waals surface area (Å²) in [6.07, 6.45) is -0.125. The van der Waals surface area contributed by atoms with Gasteiger partial charge in [-0.15, -0.1) is 0 Å². The third-order valence-electron chi connectivity index (χ3n) is 5.21. The van der Waals surface area contributed by atoms with Crippen LogP contribution in [0.1, 0.15) is 34.4 Å². The van der Waals surface area contributed by atoms with Crippen LogP contribution in [0, 0.1) is 34.6 Å². The van der Waals surface area contributed by atoms with Gasteiger partial charge in [0, 0.05) is 23.2 Å². The maximum Gasteiger partial charge on any atom is 0.225 e. The minimum absolute atomic E-state index is 0.125. The van der Waals surface area contributed by atoms with Crippen LogP contribution in [-0.2, 0) is 14.6 Å². The van der Waals surface area contributed by atoms with Crippen molar-refractivity contribution in [2.45, 2.75) is 45.9 Å². The Balaban J connectivity index is 1.78. The van der Waals surface area contributed by atoms with Crippen LogP contribution in [-0.4, -0.2) is 25.2 Å². The van der Waals surface area contributed by atoms with Gasteiger partial charge in [0.2, 0.25) is 5.91 Å². The van der Waals surface area contributed by atoms with E-state index < -0.39 is 9.84 Å². The summed E-state index contributed by atoms with van der Waals surface area (Å²) < 4.78 is 31.3. The van der Waals surface area contributed by atoms with E-state index >= 15 is 0 Å². The summed E-state index contributed by atoms with van der Waals surface area (Å²) in [4.78, 5) is 12.6. The van der Waals surface area contributed by atoms with E-state index in [1.54, 1.807) is 19.1 Å². The van der Waals surface area contributed by atoms with Gasteiger partial charge in [-0.05, 0) is 63.4 Å². The zero-order valence-electron chi connectivity index (χ0n) is 17.9. The van der Waals surface area contributed by atoms with Gasteiger partial charge in [0.15, 0.2) is 15.6 Å². The molecule has 7 heteroatoms. The highest BCUT2D eigenvalue weighted by atomic mass is 32.2. The summed E-state index contributed by atoms with van der Waals surface area (Å²) in [5.74, 6) is -0.0537. The van der Waals surface area contributed by atoms with Crippen LogP contribution < -0.4 is 5.32 Å². The molecular formula is C23H26N2O4S. The van der Waals surface area contributed by atoms with Crippen molar-refractivity contribution in [2.24, 2.45) is 0 Å². The lowest BCUT2D eigenvalue weighted by Crippen LogP contribution is -2.18. The van der Waals surface area contributed by atoms with E-state index in [9.17, 15) is 13.2 Å². The first kappa shape index (κ1) is 21.8. The second-order valence-corrected chi connectivity index (χ2v) is 9.72. The Kier molecular flexibility index (Phi) is 6.12. The molecule has 3 rings (SSSR count). The standard InChI is InChI=1S/C23H26N2O4S/c1-14-6-7-15(2)20(12-14)24-22(26)10-11-30(27,28)21-13-19(9-8-16(21)3)23-17(4)18(5)25-29-23/h6-9,12-13H,10-11H2,1-5H3,(H,24,26). The molecule has 158 valence electrons. The van der Waals surface area contributed by atoms with Gasteiger partial charge in [-0.3, -0.25) is 4.79 Å². The smallest absolute Gasteiger partial charge is 0.225 e. The van der Waals surface area contributed by atoms with Crippen molar-refractivity contribution in [3.05, 3.63) is 64.3 Å². The number of benzene rings is 2. The molecule has 3 aromatic rings. The van der Waals surface area contributed by atoms with Gasteiger partial charge < -0.3 is 9.84 Å². The highest BCUT2D eigenvalue weighted by Crippen LogP contribution is 2.29. The van der Waals surface area contributed by atoms with Crippen molar-refractivity contribution in [2.75, 3.05) is 11.1 Å². The lowest BCUT2D eigenvalue weighted by atomic mass is 10.1. The molecule has 1 heterocycles. The van der Waals surface area contributed by atoms with Crippen LogP contribution >= 0.6 is 0 Å². The molecule has 1 amide bonds. The first-order valence-corrected chi connectivity index (χ1v) is 11.4. The SMILES string of the molecule is Cc1ccc(C)c(NC(=O)CCS(=O)(=O)c2cc(-c3onc(C)c3C)ccc2C)c1. The normalized spacial score (nSPS) is 11.5. The van der Waals surface area contributed by atoms with Crippen molar-refractivity contribution in [3.63, 3.8) is 0 Å². The summed E-state index contributed by atoms with van der Waals surface area (Å²) in [7, 11) is -3.66. The molecule has 6 nitrogen and oxygen atoms in total. The molecular weight excluding hydrogens is 400 g/mol. The molecule has 1 aromatic heterocycles. The number of aryl methyl sites for hydroxylation is 4. The number of rotatable bonds is 6. The number of hydrogen-bond donors (Lipinski definition) is 1. The van der Waals surface area contributed by atoms with E-state index in [1.807, 2.05) is 52.0 Å². The molecule has 0 aliphatic carbocycles. The predicted molar refractivity (Wildman–Crippen MR) is 117 cm³/mol. The molecule has 1 N–H and O–H groups in total. The Morgan fingerprint density at radius 2 is 1.70 bits per heavy atom. The number of sulfone groups is 1. The lowest BCUT2D eigenvalue weighted by molar-refractivity contribution is -0.115. The molecule has 0 unspecified atom stereocenters. The fourth-order valence-electron chi connectivity index (χ4n) is 3.18. The summed E-state index contributed by atoms with van der Waals surface area (Å²) in [5.41, 5.74) is 5.56. The van der Waals surface area contributed by atoms with Crippen molar-refractivity contribution in [1.82, 2.24) is 5.16 Å². The maximum atomic E-state index is 13.0. The van der Waals surface area contributed by atoms with Gasteiger partial charge in [-0.1, -0.05) is 29.4 Å². The van der Waals surface area contributed by atoms with E-state index in [0.29, 0.717) is 22.6 Å². The van der Waals surface area contributed by atoms with E-state index in [1.165, 1.54) is 0 Å². The molecule has 0 atom stereocenters. The summed E-state index contributed by atoms with van der Waals surface area (Å²) in [6, 6.07) is 10.9. The third kappa shape index (κ3) is 4.62. The zero-order valence-corrected chi connectivity index (χ0v) is 18.7. The van der Waals surface area contributed by atoms with Gasteiger partial charge in [0.1, 0.15) is 0 Å². The quantitative estimate of drug-likeness (QED) is 0.618. The number of anilines is 1. The average molecular weight is 427 g/mol. The molecule has 0 bridgehead atoms. The van der Waals surface area contributed by atoms with Crippen molar-refractivity contribution in [3.8, 4) is 11.3 Å². The van der Waals surface area contributed by atoms with Crippen LogP contribution in [0.4, 0.5) is 5.69 Å². The molecule has 30 heavy (non-hydrogen) atoms. The van der Waals surface area contributed by atoms with Gasteiger partial charge in [0.05, 0.1) is 16.3 Å². The van der Waals surface area contributed by atoms with Crippen LogP contribution in [0.3, 0.4) is 0 Å². The summed E-state index contributed by atoms with van der Waals surface area (Å²) in [5, 5.41) is 6.75. The monoisotopic (exact) mass is 426 g/mol. The molecule has 0 radical (unpaired) electrons.